The molecule has 0 aliphatic carbocycles. The topological polar surface area (TPSA) is 109 Å². The molecule has 4 rings (SSSR count). The van der Waals surface area contributed by atoms with Crippen molar-refractivity contribution in [1.82, 2.24) is 10.1 Å². The number of thiophene rings is 1. The highest BCUT2D eigenvalue weighted by atomic mass is 35.5. The zero-order valence-electron chi connectivity index (χ0n) is 15.5. The first-order valence-corrected chi connectivity index (χ1v) is 11.3. The van der Waals surface area contributed by atoms with Crippen LogP contribution in [0.3, 0.4) is 0 Å². The van der Waals surface area contributed by atoms with Crippen LogP contribution >= 0.6 is 22.9 Å². The Labute approximate surface area is 181 Å². The summed E-state index contributed by atoms with van der Waals surface area (Å²) in [5, 5.41) is 13.6. The zero-order valence-corrected chi connectivity index (χ0v) is 17.8. The summed E-state index contributed by atoms with van der Waals surface area (Å²) in [5.41, 5.74) is 1.40. The van der Waals surface area contributed by atoms with Crippen molar-refractivity contribution in [1.29, 1.82) is 5.26 Å². The van der Waals surface area contributed by atoms with E-state index >= 15 is 0 Å². The van der Waals surface area contributed by atoms with Gasteiger partial charge in [-0.05, 0) is 55.5 Å². The minimum atomic E-state index is -3.86. The van der Waals surface area contributed by atoms with Gasteiger partial charge in [0.1, 0.15) is 4.90 Å². The molecule has 0 aliphatic heterocycles. The number of benzene rings is 2. The lowest BCUT2D eigenvalue weighted by atomic mass is 10.2. The average molecular weight is 457 g/mol. The van der Waals surface area contributed by atoms with E-state index in [9.17, 15) is 8.42 Å². The molecule has 0 bridgehead atoms. The Morgan fingerprint density at radius 2 is 1.93 bits per heavy atom. The van der Waals surface area contributed by atoms with Gasteiger partial charge in [-0.2, -0.15) is 10.2 Å². The van der Waals surface area contributed by atoms with Crippen LogP contribution in [-0.2, 0) is 10.0 Å². The average Bonchev–Trinajstić information content (AvgIpc) is 3.35. The summed E-state index contributed by atoms with van der Waals surface area (Å²) in [6.45, 7) is 1.70. The van der Waals surface area contributed by atoms with Crippen LogP contribution in [0.5, 0.6) is 0 Å². The molecule has 7 nitrogen and oxygen atoms in total. The van der Waals surface area contributed by atoms with Crippen molar-refractivity contribution in [2.75, 3.05) is 4.72 Å². The molecule has 4 aromatic rings. The molecule has 30 heavy (non-hydrogen) atoms. The van der Waals surface area contributed by atoms with Crippen LogP contribution in [0.1, 0.15) is 10.4 Å². The van der Waals surface area contributed by atoms with Gasteiger partial charge < -0.3 is 4.52 Å². The summed E-state index contributed by atoms with van der Waals surface area (Å²) in [5.74, 6) is 0.601. The predicted molar refractivity (Wildman–Crippen MR) is 115 cm³/mol. The van der Waals surface area contributed by atoms with Crippen LogP contribution in [-0.4, -0.2) is 18.6 Å². The number of nitrogens with zero attached hydrogens (tertiary/aromatic N) is 3. The van der Waals surface area contributed by atoms with E-state index in [0.29, 0.717) is 31.9 Å². The van der Waals surface area contributed by atoms with Gasteiger partial charge in [-0.25, -0.2) is 8.42 Å². The van der Waals surface area contributed by atoms with E-state index in [0.717, 1.165) is 5.56 Å². The lowest BCUT2D eigenvalue weighted by molar-refractivity contribution is 0.433. The maximum atomic E-state index is 12.9. The van der Waals surface area contributed by atoms with Crippen LogP contribution in [0.2, 0.25) is 5.02 Å². The monoisotopic (exact) mass is 456 g/mol. The maximum Gasteiger partial charge on any atom is 0.268 e. The highest BCUT2D eigenvalue weighted by Crippen LogP contribution is 2.34. The maximum absolute atomic E-state index is 12.9. The lowest BCUT2D eigenvalue weighted by Gasteiger charge is -2.07. The number of sulfonamides is 1. The van der Waals surface area contributed by atoms with Gasteiger partial charge in [-0.3, -0.25) is 4.72 Å². The number of hydrogen-bond donors (Lipinski definition) is 1. The normalized spacial score (nSPS) is 11.2. The number of nitrogens with one attached hydrogen (secondary N) is 1. The molecule has 150 valence electrons. The Morgan fingerprint density at radius 3 is 2.67 bits per heavy atom. The van der Waals surface area contributed by atoms with E-state index in [1.807, 2.05) is 6.07 Å². The molecule has 0 aliphatic rings. The number of rotatable bonds is 5. The van der Waals surface area contributed by atoms with Gasteiger partial charge >= 0.3 is 0 Å². The number of anilines is 1. The fraction of sp³-hybridized carbons (Fsp3) is 0.0500. The zero-order chi connectivity index (χ0) is 21.3. The molecule has 2 aromatic carbocycles. The van der Waals surface area contributed by atoms with Crippen molar-refractivity contribution in [2.45, 2.75) is 11.8 Å². The second-order valence-electron chi connectivity index (χ2n) is 6.26. The molecule has 0 atom stereocenters. The number of aromatic nitrogens is 2. The van der Waals surface area contributed by atoms with Crippen molar-refractivity contribution in [2.24, 2.45) is 0 Å². The van der Waals surface area contributed by atoms with Gasteiger partial charge in [-0.15, -0.1) is 11.3 Å². The summed E-state index contributed by atoms with van der Waals surface area (Å²) in [4.78, 5) is 5.57. The first kappa shape index (κ1) is 20.1. The Morgan fingerprint density at radius 1 is 1.17 bits per heavy atom. The van der Waals surface area contributed by atoms with E-state index < -0.39 is 10.0 Å². The quantitative estimate of drug-likeness (QED) is 0.447. The molecule has 0 saturated carbocycles. The minimum absolute atomic E-state index is 0.108. The standard InChI is InChI=1S/C20H13ClN4O3S2/c1-12-18(30(26,27)25-16-4-2-3-13(9-16)11-22)10-17(29-12)20-23-19(24-28-20)14-5-7-15(21)8-6-14/h2-10,25H,1H3. The van der Waals surface area contributed by atoms with Crippen LogP contribution in [0.25, 0.3) is 22.2 Å². The summed E-state index contributed by atoms with van der Waals surface area (Å²) >= 11 is 7.13. The summed E-state index contributed by atoms with van der Waals surface area (Å²) in [6, 6.07) is 16.7. The molecular weight excluding hydrogens is 444 g/mol. The molecule has 10 heteroatoms. The molecule has 2 heterocycles. The number of aryl methyl sites for hydroxylation is 1. The third-order valence-electron chi connectivity index (χ3n) is 4.14. The van der Waals surface area contributed by atoms with E-state index in [2.05, 4.69) is 14.9 Å². The second kappa shape index (κ2) is 7.91. The largest absolute Gasteiger partial charge is 0.333 e. The van der Waals surface area contributed by atoms with Gasteiger partial charge in [0.15, 0.2) is 0 Å². The van der Waals surface area contributed by atoms with Crippen molar-refractivity contribution in [3.63, 3.8) is 0 Å². The van der Waals surface area contributed by atoms with Gasteiger partial charge in [0.05, 0.1) is 22.2 Å². The lowest BCUT2D eigenvalue weighted by Crippen LogP contribution is -2.13. The fourth-order valence-electron chi connectivity index (χ4n) is 2.74. The molecule has 0 saturated heterocycles. The van der Waals surface area contributed by atoms with Gasteiger partial charge in [-0.1, -0.05) is 22.8 Å². The second-order valence-corrected chi connectivity index (χ2v) is 9.60. The third-order valence-corrected chi connectivity index (χ3v) is 7.07. The van der Waals surface area contributed by atoms with Crippen LogP contribution in [0.15, 0.2) is 64.0 Å². The Hall–Kier alpha value is -3.19. The van der Waals surface area contributed by atoms with Crippen LogP contribution < -0.4 is 4.72 Å². The Bertz CT molecular complexity index is 1370. The van der Waals surface area contributed by atoms with Gasteiger partial charge in [0, 0.05) is 15.5 Å². The highest BCUT2D eigenvalue weighted by Gasteiger charge is 2.23. The Kier molecular flexibility index (Phi) is 5.30. The van der Waals surface area contributed by atoms with E-state index in [4.69, 9.17) is 21.4 Å². The number of nitriles is 1. The molecule has 0 unspecified atom stereocenters. The van der Waals surface area contributed by atoms with E-state index in [1.165, 1.54) is 23.5 Å². The summed E-state index contributed by atoms with van der Waals surface area (Å²) in [6.07, 6.45) is 0. The van der Waals surface area contributed by atoms with Crippen molar-refractivity contribution in [3.05, 3.63) is 70.1 Å². The number of halogens is 1. The van der Waals surface area contributed by atoms with Crippen molar-refractivity contribution >= 4 is 38.6 Å². The van der Waals surface area contributed by atoms with E-state index in [-0.39, 0.29) is 10.8 Å². The van der Waals surface area contributed by atoms with E-state index in [1.54, 1.807) is 49.4 Å². The summed E-state index contributed by atoms with van der Waals surface area (Å²) in [7, 11) is -3.86. The first-order valence-electron chi connectivity index (χ1n) is 8.59. The van der Waals surface area contributed by atoms with Crippen molar-refractivity contribution in [3.8, 4) is 28.2 Å². The minimum Gasteiger partial charge on any atom is -0.333 e. The third kappa shape index (κ3) is 4.07. The highest BCUT2D eigenvalue weighted by molar-refractivity contribution is 7.93. The molecule has 0 amide bonds. The molecule has 2 aromatic heterocycles. The van der Waals surface area contributed by atoms with Crippen molar-refractivity contribution < 1.29 is 12.9 Å². The predicted octanol–water partition coefficient (Wildman–Crippen LogP) is 5.10. The van der Waals surface area contributed by atoms with Gasteiger partial charge in [0.25, 0.3) is 15.9 Å². The summed E-state index contributed by atoms with van der Waals surface area (Å²) < 4.78 is 33.5. The fourth-order valence-corrected chi connectivity index (χ4v) is 5.43. The van der Waals surface area contributed by atoms with Crippen LogP contribution in [0, 0.1) is 18.3 Å². The molecule has 0 fully saturated rings. The van der Waals surface area contributed by atoms with Gasteiger partial charge in [0.2, 0.25) is 5.82 Å². The van der Waals surface area contributed by atoms with Crippen LogP contribution in [0.4, 0.5) is 5.69 Å². The molecular formula is C20H13ClN4O3S2. The number of hydrogen-bond acceptors (Lipinski definition) is 7. The molecule has 0 radical (unpaired) electrons. The Balaban J connectivity index is 1.63. The SMILES string of the molecule is Cc1sc(-c2nc(-c3ccc(Cl)cc3)no2)cc1S(=O)(=O)Nc1cccc(C#N)c1. The smallest absolute Gasteiger partial charge is 0.268 e. The first-order chi connectivity index (χ1) is 14.4. The molecule has 0 spiro atoms. The molecule has 1 N–H and O–H groups in total.